The molecule has 0 aliphatic heterocycles. The summed E-state index contributed by atoms with van der Waals surface area (Å²) in [5.41, 5.74) is 0.164. The number of carbonyl (C=O) groups excluding carboxylic acids is 1. The molecular weight excluding hydrogens is 116 g/mol. The summed E-state index contributed by atoms with van der Waals surface area (Å²) in [7, 11) is 0. The normalized spacial score (nSPS) is 8.89. The zero-order valence-corrected chi connectivity index (χ0v) is 4.63. The quantitative estimate of drug-likeness (QED) is 0.483. The van der Waals surface area contributed by atoms with Crippen LogP contribution in [-0.4, -0.2) is 5.97 Å². The Bertz CT molecular complexity index is 203. The first kappa shape index (κ1) is 5.82. The van der Waals surface area contributed by atoms with Crippen LogP contribution in [0.1, 0.15) is 10.4 Å². The maximum atomic E-state index is 10.1. The van der Waals surface area contributed by atoms with Crippen LogP contribution in [0.3, 0.4) is 0 Å². The van der Waals surface area contributed by atoms with Crippen LogP contribution in [0.4, 0.5) is 0 Å². The predicted octanol–water partition coefficient (Wildman–Crippen LogP) is -0.150. The summed E-state index contributed by atoms with van der Waals surface area (Å²) in [4.78, 5) is 10.1. The molecule has 0 fully saturated rings. The summed E-state index contributed by atoms with van der Waals surface area (Å²) >= 11 is 0. The van der Waals surface area contributed by atoms with Crippen LogP contribution in [0.15, 0.2) is 24.3 Å². The topological polar surface area (TPSA) is 40.1 Å². The molecule has 0 aliphatic carbocycles. The Balaban J connectivity index is 2.98. The van der Waals surface area contributed by atoms with Gasteiger partial charge in [0.05, 0.1) is 0 Å². The molecule has 1 rings (SSSR count). The molecule has 0 saturated carbocycles. The average molecular weight is 120 g/mol. The molecule has 0 unspecified atom stereocenters. The van der Waals surface area contributed by atoms with Gasteiger partial charge in [0, 0.05) is 5.97 Å². The summed E-state index contributed by atoms with van der Waals surface area (Å²) in [6.45, 7) is 0. The van der Waals surface area contributed by atoms with Crippen LogP contribution in [-0.2, 0) is 0 Å². The first-order valence-corrected chi connectivity index (χ1v) is 2.48. The third kappa shape index (κ3) is 1.29. The number of aromatic carboxylic acids is 1. The van der Waals surface area contributed by atoms with Gasteiger partial charge in [-0.2, -0.15) is 30.3 Å². The smallest absolute Gasteiger partial charge is 0.0154 e. The molecule has 0 spiro atoms. The molecule has 0 atom stereocenters. The van der Waals surface area contributed by atoms with Gasteiger partial charge in [0.15, 0.2) is 0 Å². The number of carboxylic acid groups (broad SMARTS) is 1. The van der Waals surface area contributed by atoms with Crippen LogP contribution in [0.2, 0.25) is 0 Å². The molecule has 0 N–H and O–H groups in total. The highest BCUT2D eigenvalue weighted by Crippen LogP contribution is 1.93. The Morgan fingerprint density at radius 1 is 1.67 bits per heavy atom. The first-order chi connectivity index (χ1) is 4.30. The van der Waals surface area contributed by atoms with Crippen molar-refractivity contribution in [1.29, 1.82) is 0 Å². The zero-order chi connectivity index (χ0) is 6.69. The van der Waals surface area contributed by atoms with E-state index in [0.717, 1.165) is 0 Å². The third-order valence-corrected chi connectivity index (χ3v) is 0.943. The fraction of sp³-hybridized carbons (Fsp3) is 0. The average Bonchev–Trinajstić information content (AvgIpc) is 1.90. The molecule has 1 aromatic rings. The Kier molecular flexibility index (Phi) is 1.49. The van der Waals surface area contributed by atoms with E-state index in [1.54, 1.807) is 12.1 Å². The Hall–Kier alpha value is -1.31. The lowest BCUT2D eigenvalue weighted by molar-refractivity contribution is -0.255. The molecule has 2 heteroatoms. The number of rotatable bonds is 1. The van der Waals surface area contributed by atoms with Gasteiger partial charge in [-0.05, 0) is 0 Å². The van der Waals surface area contributed by atoms with Crippen molar-refractivity contribution in [2.75, 3.05) is 0 Å². The molecule has 46 valence electrons. The Labute approximate surface area is 52.8 Å². The standard InChI is InChI=1S/C7H5O2/c8-7(9)6-4-2-1-3-5-6/h1-2,4-5H,(H,8,9)/q-1/p-1. The Morgan fingerprint density at radius 2 is 2.44 bits per heavy atom. The van der Waals surface area contributed by atoms with Gasteiger partial charge >= 0.3 is 0 Å². The van der Waals surface area contributed by atoms with Gasteiger partial charge in [0.25, 0.3) is 0 Å². The van der Waals surface area contributed by atoms with E-state index < -0.39 is 5.97 Å². The zero-order valence-electron chi connectivity index (χ0n) is 4.63. The molecule has 0 amide bonds. The van der Waals surface area contributed by atoms with Gasteiger partial charge in [-0.15, -0.1) is 5.56 Å². The molecule has 0 bridgehead atoms. The molecular formula is C7H4O2-2. The lowest BCUT2D eigenvalue weighted by atomic mass is 10.2. The second kappa shape index (κ2) is 2.31. The van der Waals surface area contributed by atoms with Gasteiger partial charge in [-0.3, -0.25) is 0 Å². The largest absolute Gasteiger partial charge is 0.559 e. The van der Waals surface area contributed by atoms with E-state index in [2.05, 4.69) is 6.07 Å². The predicted molar refractivity (Wildman–Crippen MR) is 29.6 cm³/mol. The summed E-state index contributed by atoms with van der Waals surface area (Å²) in [6.07, 6.45) is 0. The molecule has 0 aliphatic rings. The molecule has 0 radical (unpaired) electrons. The van der Waals surface area contributed by atoms with E-state index in [-0.39, 0.29) is 5.56 Å². The number of benzene rings is 1. The number of hydrogen-bond acceptors (Lipinski definition) is 2. The summed E-state index contributed by atoms with van der Waals surface area (Å²) < 4.78 is 0. The van der Waals surface area contributed by atoms with E-state index in [0.29, 0.717) is 0 Å². The van der Waals surface area contributed by atoms with Crippen LogP contribution in [0.5, 0.6) is 0 Å². The van der Waals surface area contributed by atoms with Crippen molar-refractivity contribution in [1.82, 2.24) is 0 Å². The second-order valence-corrected chi connectivity index (χ2v) is 1.58. The van der Waals surface area contributed by atoms with Crippen LogP contribution >= 0.6 is 0 Å². The Morgan fingerprint density at radius 3 is 2.78 bits per heavy atom. The van der Waals surface area contributed by atoms with Crippen molar-refractivity contribution >= 4 is 5.97 Å². The molecule has 0 heterocycles. The van der Waals surface area contributed by atoms with Crippen molar-refractivity contribution < 1.29 is 9.90 Å². The SMILES string of the molecule is O=C([O-])c1c[c-]ccc1. The lowest BCUT2D eigenvalue weighted by Gasteiger charge is -2.06. The fourth-order valence-corrected chi connectivity index (χ4v) is 0.520. The minimum Gasteiger partial charge on any atom is -0.559 e. The van der Waals surface area contributed by atoms with Gasteiger partial charge < -0.3 is 9.90 Å². The number of carboxylic acids is 1. The maximum absolute atomic E-state index is 10.1. The molecule has 1 aromatic carbocycles. The van der Waals surface area contributed by atoms with E-state index in [1.807, 2.05) is 0 Å². The monoisotopic (exact) mass is 120 g/mol. The van der Waals surface area contributed by atoms with Gasteiger partial charge in [-0.25, -0.2) is 0 Å². The van der Waals surface area contributed by atoms with Crippen molar-refractivity contribution in [3.05, 3.63) is 35.9 Å². The van der Waals surface area contributed by atoms with Gasteiger partial charge in [0.1, 0.15) is 0 Å². The van der Waals surface area contributed by atoms with Crippen LogP contribution in [0.25, 0.3) is 0 Å². The van der Waals surface area contributed by atoms with Crippen molar-refractivity contribution in [3.8, 4) is 0 Å². The van der Waals surface area contributed by atoms with Crippen molar-refractivity contribution in [3.63, 3.8) is 0 Å². The highest BCUT2D eigenvalue weighted by Gasteiger charge is 1.76. The van der Waals surface area contributed by atoms with E-state index in [1.165, 1.54) is 12.1 Å². The second-order valence-electron chi connectivity index (χ2n) is 1.58. The molecule has 2 nitrogen and oxygen atoms in total. The fourth-order valence-electron chi connectivity index (χ4n) is 0.520. The molecule has 0 aromatic heterocycles. The molecule has 0 saturated heterocycles. The summed E-state index contributed by atoms with van der Waals surface area (Å²) in [5, 5.41) is 10.1. The lowest BCUT2D eigenvalue weighted by Crippen LogP contribution is -2.21. The van der Waals surface area contributed by atoms with Crippen molar-refractivity contribution in [2.45, 2.75) is 0 Å². The van der Waals surface area contributed by atoms with Crippen LogP contribution < -0.4 is 5.11 Å². The highest BCUT2D eigenvalue weighted by atomic mass is 16.4. The third-order valence-electron chi connectivity index (χ3n) is 0.943. The maximum Gasteiger partial charge on any atom is 0.0154 e. The summed E-state index contributed by atoms with van der Waals surface area (Å²) in [5.74, 6) is -1.16. The first-order valence-electron chi connectivity index (χ1n) is 2.48. The summed E-state index contributed by atoms with van der Waals surface area (Å²) in [6, 6.07) is 8.69. The minimum absolute atomic E-state index is 0.164. The van der Waals surface area contributed by atoms with Crippen molar-refractivity contribution in [2.24, 2.45) is 0 Å². The van der Waals surface area contributed by atoms with E-state index >= 15 is 0 Å². The molecule has 9 heavy (non-hydrogen) atoms. The number of hydrogen-bond donors (Lipinski definition) is 0. The minimum atomic E-state index is -1.16. The van der Waals surface area contributed by atoms with Gasteiger partial charge in [-0.1, -0.05) is 0 Å². The van der Waals surface area contributed by atoms with Gasteiger partial charge in [0.2, 0.25) is 0 Å². The number of carbonyl (C=O) groups is 1. The van der Waals surface area contributed by atoms with E-state index in [4.69, 9.17) is 0 Å². The highest BCUT2D eigenvalue weighted by molar-refractivity contribution is 5.85. The van der Waals surface area contributed by atoms with E-state index in [9.17, 15) is 9.90 Å². The van der Waals surface area contributed by atoms with Crippen LogP contribution in [0, 0.1) is 6.07 Å².